The van der Waals surface area contributed by atoms with Crippen LogP contribution in [0.15, 0.2) is 41.3 Å². The molecule has 1 heterocycles. The Labute approximate surface area is 150 Å². The molecule has 0 aromatic heterocycles. The molecule has 1 N–H and O–H groups in total. The highest BCUT2D eigenvalue weighted by atomic mass is 32.2. The zero-order chi connectivity index (χ0) is 18.9. The minimum atomic E-state index is -4.42. The number of nitrogens with one attached hydrogen (secondary N) is 1. The molecule has 0 spiro atoms. The Bertz CT molecular complexity index is 941. The maximum Gasteiger partial charge on any atom is 0.267 e. The van der Waals surface area contributed by atoms with Crippen molar-refractivity contribution in [1.29, 1.82) is 0 Å². The zero-order valence-electron chi connectivity index (χ0n) is 14.1. The molecule has 26 heavy (non-hydrogen) atoms. The van der Waals surface area contributed by atoms with Gasteiger partial charge in [-0.25, -0.2) is 17.2 Å². The van der Waals surface area contributed by atoms with Crippen molar-refractivity contribution in [2.24, 2.45) is 0 Å². The van der Waals surface area contributed by atoms with Gasteiger partial charge in [0.15, 0.2) is 4.90 Å². The molecule has 2 aromatic carbocycles. The molecule has 1 aliphatic rings. The lowest BCUT2D eigenvalue weighted by Gasteiger charge is -2.29. The molecule has 2 aromatic rings. The van der Waals surface area contributed by atoms with E-state index in [1.54, 1.807) is 17.0 Å². The predicted molar refractivity (Wildman–Crippen MR) is 94.6 cm³/mol. The number of rotatable bonds is 5. The van der Waals surface area contributed by atoms with Crippen molar-refractivity contribution in [1.82, 2.24) is 0 Å². The summed E-state index contributed by atoms with van der Waals surface area (Å²) in [5.74, 6) is -2.29. The van der Waals surface area contributed by atoms with Gasteiger partial charge in [-0.05, 0) is 48.7 Å². The van der Waals surface area contributed by atoms with Gasteiger partial charge in [0.1, 0.15) is 11.6 Å². The van der Waals surface area contributed by atoms with Gasteiger partial charge in [0.05, 0.1) is 0 Å². The molecule has 3 rings (SSSR count). The Kier molecular flexibility index (Phi) is 4.95. The average Bonchev–Trinajstić information content (AvgIpc) is 2.57. The predicted octanol–water partition coefficient (Wildman–Crippen LogP) is 3.45. The van der Waals surface area contributed by atoms with E-state index in [1.165, 1.54) is 6.07 Å². The summed E-state index contributed by atoms with van der Waals surface area (Å²) in [6.07, 6.45) is 1.62. The standard InChI is InChI=1S/C18H18F2N2O3S/c1-2-10-22-16-8-7-13(11-12(16)6-9-17(22)23)21-26(24,25)18-14(19)4-3-5-15(18)20/h3-5,7-8,11,21H,2,6,9-10H2,1H3. The summed E-state index contributed by atoms with van der Waals surface area (Å²) in [4.78, 5) is 12.7. The smallest absolute Gasteiger partial charge is 0.267 e. The number of aryl methyl sites for hydroxylation is 1. The van der Waals surface area contributed by atoms with Gasteiger partial charge in [0.2, 0.25) is 5.91 Å². The third-order valence-corrected chi connectivity index (χ3v) is 5.60. The second-order valence-electron chi connectivity index (χ2n) is 6.05. The summed E-state index contributed by atoms with van der Waals surface area (Å²) in [6, 6.07) is 7.61. The lowest BCUT2D eigenvalue weighted by Crippen LogP contribution is -2.35. The minimum absolute atomic E-state index is 0.0288. The minimum Gasteiger partial charge on any atom is -0.312 e. The molecule has 0 bridgehead atoms. The lowest BCUT2D eigenvalue weighted by molar-refractivity contribution is -0.118. The van der Waals surface area contributed by atoms with E-state index >= 15 is 0 Å². The highest BCUT2D eigenvalue weighted by molar-refractivity contribution is 7.92. The molecule has 0 unspecified atom stereocenters. The van der Waals surface area contributed by atoms with Crippen LogP contribution in [0.2, 0.25) is 0 Å². The number of anilines is 2. The van der Waals surface area contributed by atoms with Crippen LogP contribution in [0.5, 0.6) is 0 Å². The summed E-state index contributed by atoms with van der Waals surface area (Å²) < 4.78 is 54.6. The number of hydrogen-bond acceptors (Lipinski definition) is 3. The van der Waals surface area contributed by atoms with Crippen LogP contribution < -0.4 is 9.62 Å². The number of sulfonamides is 1. The van der Waals surface area contributed by atoms with Gasteiger partial charge in [-0.2, -0.15) is 0 Å². The molecular formula is C18H18F2N2O3S. The fourth-order valence-corrected chi connectivity index (χ4v) is 4.23. The van der Waals surface area contributed by atoms with Crippen LogP contribution in [-0.2, 0) is 21.2 Å². The lowest BCUT2D eigenvalue weighted by atomic mass is 10.0. The maximum absolute atomic E-state index is 13.8. The van der Waals surface area contributed by atoms with Crippen LogP contribution in [0.3, 0.4) is 0 Å². The summed E-state index contributed by atoms with van der Waals surface area (Å²) >= 11 is 0. The van der Waals surface area contributed by atoms with E-state index in [4.69, 9.17) is 0 Å². The van der Waals surface area contributed by atoms with Crippen LogP contribution in [-0.4, -0.2) is 20.9 Å². The van der Waals surface area contributed by atoms with Crippen LogP contribution in [0.4, 0.5) is 20.2 Å². The first-order valence-electron chi connectivity index (χ1n) is 8.23. The highest BCUT2D eigenvalue weighted by Gasteiger charge is 2.26. The number of carbonyl (C=O) groups is 1. The molecule has 5 nitrogen and oxygen atoms in total. The molecule has 0 saturated heterocycles. The molecule has 0 saturated carbocycles. The number of halogens is 2. The number of hydrogen-bond donors (Lipinski definition) is 1. The quantitative estimate of drug-likeness (QED) is 0.864. The number of fused-ring (bicyclic) bond motifs is 1. The van der Waals surface area contributed by atoms with Crippen molar-refractivity contribution in [3.05, 3.63) is 53.6 Å². The molecule has 0 fully saturated rings. The molecule has 0 atom stereocenters. The number of amides is 1. The van der Waals surface area contributed by atoms with Gasteiger partial charge in [-0.15, -0.1) is 0 Å². The van der Waals surface area contributed by atoms with Gasteiger partial charge in [-0.3, -0.25) is 9.52 Å². The topological polar surface area (TPSA) is 66.5 Å². The third-order valence-electron chi connectivity index (χ3n) is 4.17. The van der Waals surface area contributed by atoms with Crippen molar-refractivity contribution < 1.29 is 22.0 Å². The van der Waals surface area contributed by atoms with Crippen LogP contribution in [0.1, 0.15) is 25.3 Å². The van der Waals surface area contributed by atoms with Gasteiger partial charge in [0, 0.05) is 24.3 Å². The molecule has 138 valence electrons. The zero-order valence-corrected chi connectivity index (χ0v) is 14.9. The van der Waals surface area contributed by atoms with E-state index in [1.807, 2.05) is 6.92 Å². The van der Waals surface area contributed by atoms with Crippen molar-refractivity contribution in [2.45, 2.75) is 31.1 Å². The Balaban J connectivity index is 1.93. The van der Waals surface area contributed by atoms with E-state index in [0.29, 0.717) is 19.4 Å². The fraction of sp³-hybridized carbons (Fsp3) is 0.278. The average molecular weight is 380 g/mol. The van der Waals surface area contributed by atoms with E-state index in [0.717, 1.165) is 35.9 Å². The van der Waals surface area contributed by atoms with Crippen molar-refractivity contribution in [3.8, 4) is 0 Å². The third kappa shape index (κ3) is 3.41. The van der Waals surface area contributed by atoms with E-state index < -0.39 is 26.6 Å². The molecule has 1 amide bonds. The monoisotopic (exact) mass is 380 g/mol. The molecule has 1 aliphatic heterocycles. The Morgan fingerprint density at radius 1 is 1.12 bits per heavy atom. The van der Waals surface area contributed by atoms with E-state index in [-0.39, 0.29) is 11.6 Å². The fourth-order valence-electron chi connectivity index (χ4n) is 3.04. The van der Waals surface area contributed by atoms with Gasteiger partial charge < -0.3 is 4.90 Å². The summed E-state index contributed by atoms with van der Waals surface area (Å²) in [5.41, 5.74) is 1.74. The number of benzene rings is 2. The summed E-state index contributed by atoms with van der Waals surface area (Å²) in [5, 5.41) is 0. The largest absolute Gasteiger partial charge is 0.312 e. The molecule has 0 aliphatic carbocycles. The van der Waals surface area contributed by atoms with Gasteiger partial charge in [-0.1, -0.05) is 13.0 Å². The van der Waals surface area contributed by atoms with Crippen molar-refractivity contribution in [2.75, 3.05) is 16.2 Å². The van der Waals surface area contributed by atoms with Gasteiger partial charge in [0.25, 0.3) is 10.0 Å². The normalized spacial score (nSPS) is 14.3. The molecule has 8 heteroatoms. The number of carbonyl (C=O) groups excluding carboxylic acids is 1. The number of nitrogens with zero attached hydrogens (tertiary/aromatic N) is 1. The first kappa shape index (κ1) is 18.3. The van der Waals surface area contributed by atoms with E-state index in [9.17, 15) is 22.0 Å². The van der Waals surface area contributed by atoms with Crippen molar-refractivity contribution in [3.63, 3.8) is 0 Å². The molecule has 0 radical (unpaired) electrons. The first-order valence-corrected chi connectivity index (χ1v) is 9.72. The van der Waals surface area contributed by atoms with Crippen LogP contribution >= 0.6 is 0 Å². The Morgan fingerprint density at radius 3 is 2.46 bits per heavy atom. The van der Waals surface area contributed by atoms with Gasteiger partial charge >= 0.3 is 0 Å². The second-order valence-corrected chi connectivity index (χ2v) is 7.66. The van der Waals surface area contributed by atoms with Crippen molar-refractivity contribution >= 4 is 27.3 Å². The Morgan fingerprint density at radius 2 is 1.81 bits per heavy atom. The Hall–Kier alpha value is -2.48. The summed E-state index contributed by atoms with van der Waals surface area (Å²) in [7, 11) is -4.42. The molecular weight excluding hydrogens is 362 g/mol. The summed E-state index contributed by atoms with van der Waals surface area (Å²) in [6.45, 7) is 2.55. The van der Waals surface area contributed by atoms with E-state index in [2.05, 4.69) is 4.72 Å². The van der Waals surface area contributed by atoms with Crippen LogP contribution in [0, 0.1) is 11.6 Å². The first-order chi connectivity index (χ1) is 12.3. The SMILES string of the molecule is CCCN1C(=O)CCc2cc(NS(=O)(=O)c3c(F)cccc3F)ccc21. The maximum atomic E-state index is 13.8. The second kappa shape index (κ2) is 7.03. The van der Waals surface area contributed by atoms with Crippen LogP contribution in [0.25, 0.3) is 0 Å². The highest BCUT2D eigenvalue weighted by Crippen LogP contribution is 2.31.